The van der Waals surface area contributed by atoms with Gasteiger partial charge in [-0.25, -0.2) is 4.98 Å². The Kier molecular flexibility index (Phi) is 4.29. The minimum absolute atomic E-state index is 0.111. The Bertz CT molecular complexity index is 588. The van der Waals surface area contributed by atoms with Crippen LogP contribution in [0.4, 0.5) is 0 Å². The monoisotopic (exact) mass is 306 g/mol. The van der Waals surface area contributed by atoms with Crippen LogP contribution >= 0.6 is 11.6 Å². The maximum atomic E-state index is 6.23. The van der Waals surface area contributed by atoms with Crippen molar-refractivity contribution in [1.29, 1.82) is 0 Å². The van der Waals surface area contributed by atoms with Gasteiger partial charge in [0.15, 0.2) is 5.79 Å². The number of aromatic nitrogens is 2. The van der Waals surface area contributed by atoms with E-state index in [-0.39, 0.29) is 6.10 Å². The van der Waals surface area contributed by atoms with Gasteiger partial charge in [-0.05, 0) is 25.0 Å². The lowest BCUT2D eigenvalue weighted by molar-refractivity contribution is -0.180. The SMILES string of the molecule is CC1COC(CCc2ccccc2Cl)(Cn2ccnc2)O1. The number of ether oxygens (including phenoxy) is 2. The average molecular weight is 307 g/mol. The zero-order chi connectivity index (χ0) is 14.7. The van der Waals surface area contributed by atoms with Crippen LogP contribution in [-0.2, 0) is 22.4 Å². The second-order valence-electron chi connectivity index (χ2n) is 5.48. The number of halogens is 1. The van der Waals surface area contributed by atoms with Gasteiger partial charge in [0.25, 0.3) is 0 Å². The molecule has 3 rings (SSSR count). The first kappa shape index (κ1) is 14.6. The van der Waals surface area contributed by atoms with Crippen molar-refractivity contribution < 1.29 is 9.47 Å². The average Bonchev–Trinajstić information content (AvgIpc) is 3.09. The summed E-state index contributed by atoms with van der Waals surface area (Å²) in [5.74, 6) is -0.598. The fourth-order valence-corrected chi connectivity index (χ4v) is 2.91. The lowest BCUT2D eigenvalue weighted by Crippen LogP contribution is -2.36. The summed E-state index contributed by atoms with van der Waals surface area (Å²) in [5, 5.41) is 0.793. The van der Waals surface area contributed by atoms with Crippen LogP contribution in [0.2, 0.25) is 5.02 Å². The molecule has 0 N–H and O–H groups in total. The van der Waals surface area contributed by atoms with Crippen molar-refractivity contribution in [2.75, 3.05) is 6.61 Å². The van der Waals surface area contributed by atoms with E-state index in [2.05, 4.69) is 4.98 Å². The van der Waals surface area contributed by atoms with Crippen LogP contribution in [0.1, 0.15) is 18.9 Å². The molecule has 2 aromatic rings. The number of aryl methyl sites for hydroxylation is 1. The zero-order valence-corrected chi connectivity index (χ0v) is 12.8. The summed E-state index contributed by atoms with van der Waals surface area (Å²) in [7, 11) is 0. The third-order valence-electron chi connectivity index (χ3n) is 3.71. The van der Waals surface area contributed by atoms with Crippen molar-refractivity contribution >= 4 is 11.6 Å². The van der Waals surface area contributed by atoms with Crippen LogP contribution in [0, 0.1) is 0 Å². The molecule has 0 bridgehead atoms. The van der Waals surface area contributed by atoms with E-state index in [0.29, 0.717) is 13.2 Å². The largest absolute Gasteiger partial charge is 0.345 e. The van der Waals surface area contributed by atoms with E-state index in [1.807, 2.05) is 42.0 Å². The molecule has 1 saturated heterocycles. The van der Waals surface area contributed by atoms with Gasteiger partial charge in [-0.2, -0.15) is 0 Å². The van der Waals surface area contributed by atoms with E-state index >= 15 is 0 Å². The summed E-state index contributed by atoms with van der Waals surface area (Å²) in [6.07, 6.45) is 7.17. The Hall–Kier alpha value is -1.36. The standard InChI is InChI=1S/C16H19ClN2O2/c1-13-10-20-16(21-13,11-19-9-8-18-12-19)7-6-14-4-2-3-5-15(14)17/h2-5,8-9,12-13H,6-7,10-11H2,1H3. The van der Waals surface area contributed by atoms with Crippen LogP contribution < -0.4 is 0 Å². The summed E-state index contributed by atoms with van der Waals surface area (Å²) in [4.78, 5) is 4.08. The van der Waals surface area contributed by atoms with E-state index in [9.17, 15) is 0 Å². The molecule has 1 fully saturated rings. The Morgan fingerprint density at radius 1 is 1.43 bits per heavy atom. The van der Waals surface area contributed by atoms with Crippen molar-refractivity contribution in [2.45, 2.75) is 38.2 Å². The summed E-state index contributed by atoms with van der Waals surface area (Å²) in [5.41, 5.74) is 1.12. The van der Waals surface area contributed by atoms with Crippen molar-refractivity contribution in [1.82, 2.24) is 9.55 Å². The lowest BCUT2D eigenvalue weighted by Gasteiger charge is -2.28. The molecule has 112 valence electrons. The normalized spacial score (nSPS) is 25.3. The van der Waals surface area contributed by atoms with E-state index in [0.717, 1.165) is 23.4 Å². The van der Waals surface area contributed by atoms with Gasteiger partial charge in [-0.1, -0.05) is 29.8 Å². The van der Waals surface area contributed by atoms with Gasteiger partial charge in [-0.15, -0.1) is 0 Å². The minimum Gasteiger partial charge on any atom is -0.345 e. The topological polar surface area (TPSA) is 36.3 Å². The molecule has 5 heteroatoms. The first-order valence-corrected chi connectivity index (χ1v) is 7.56. The Morgan fingerprint density at radius 2 is 2.29 bits per heavy atom. The minimum atomic E-state index is -0.598. The molecular formula is C16H19ClN2O2. The molecule has 0 amide bonds. The predicted molar refractivity (Wildman–Crippen MR) is 81.2 cm³/mol. The number of hydrogen-bond donors (Lipinski definition) is 0. The van der Waals surface area contributed by atoms with E-state index in [1.165, 1.54) is 0 Å². The number of rotatable bonds is 5. The molecule has 0 radical (unpaired) electrons. The molecule has 0 saturated carbocycles. The van der Waals surface area contributed by atoms with Gasteiger partial charge < -0.3 is 14.0 Å². The molecule has 4 nitrogen and oxygen atoms in total. The first-order valence-electron chi connectivity index (χ1n) is 7.18. The van der Waals surface area contributed by atoms with Crippen LogP contribution in [-0.4, -0.2) is 28.0 Å². The maximum absolute atomic E-state index is 6.23. The van der Waals surface area contributed by atoms with E-state index in [4.69, 9.17) is 21.1 Å². The Balaban J connectivity index is 1.72. The van der Waals surface area contributed by atoms with Gasteiger partial charge >= 0.3 is 0 Å². The van der Waals surface area contributed by atoms with Gasteiger partial charge in [-0.3, -0.25) is 0 Å². The summed E-state index contributed by atoms with van der Waals surface area (Å²) < 4.78 is 14.0. The molecule has 0 spiro atoms. The van der Waals surface area contributed by atoms with Gasteiger partial charge in [0, 0.05) is 23.8 Å². The van der Waals surface area contributed by atoms with Crippen molar-refractivity contribution in [2.24, 2.45) is 0 Å². The highest BCUT2D eigenvalue weighted by molar-refractivity contribution is 6.31. The quantitative estimate of drug-likeness (QED) is 0.850. The van der Waals surface area contributed by atoms with Crippen molar-refractivity contribution in [3.63, 3.8) is 0 Å². The molecule has 1 aromatic heterocycles. The molecule has 21 heavy (non-hydrogen) atoms. The number of hydrogen-bond acceptors (Lipinski definition) is 3. The van der Waals surface area contributed by atoms with Crippen LogP contribution in [0.3, 0.4) is 0 Å². The molecule has 2 atom stereocenters. The summed E-state index contributed by atoms with van der Waals surface area (Å²) in [6.45, 7) is 3.30. The molecule has 0 aliphatic carbocycles. The predicted octanol–water partition coefficient (Wildman–Crippen LogP) is 3.30. The van der Waals surface area contributed by atoms with Crippen LogP contribution in [0.25, 0.3) is 0 Å². The molecule has 2 heterocycles. The second-order valence-corrected chi connectivity index (χ2v) is 5.88. The summed E-state index contributed by atoms with van der Waals surface area (Å²) >= 11 is 6.23. The van der Waals surface area contributed by atoms with Gasteiger partial charge in [0.1, 0.15) is 0 Å². The van der Waals surface area contributed by atoms with E-state index < -0.39 is 5.79 Å². The number of benzene rings is 1. The molecule has 1 aliphatic rings. The van der Waals surface area contributed by atoms with E-state index in [1.54, 1.807) is 12.5 Å². The van der Waals surface area contributed by atoms with Crippen LogP contribution in [0.15, 0.2) is 43.0 Å². The van der Waals surface area contributed by atoms with Crippen molar-refractivity contribution in [3.05, 3.63) is 53.6 Å². The zero-order valence-electron chi connectivity index (χ0n) is 12.0. The first-order chi connectivity index (χ1) is 10.2. The molecule has 1 aromatic carbocycles. The third-order valence-corrected chi connectivity index (χ3v) is 4.08. The van der Waals surface area contributed by atoms with Crippen LogP contribution in [0.5, 0.6) is 0 Å². The van der Waals surface area contributed by atoms with Crippen molar-refractivity contribution in [3.8, 4) is 0 Å². The van der Waals surface area contributed by atoms with Gasteiger partial charge in [0.05, 0.1) is 25.6 Å². The van der Waals surface area contributed by atoms with Gasteiger partial charge in [0.2, 0.25) is 0 Å². The third kappa shape index (κ3) is 3.46. The maximum Gasteiger partial charge on any atom is 0.187 e. The highest BCUT2D eigenvalue weighted by atomic mass is 35.5. The summed E-state index contributed by atoms with van der Waals surface area (Å²) in [6, 6.07) is 7.91. The Labute approximate surface area is 129 Å². The Morgan fingerprint density at radius 3 is 2.95 bits per heavy atom. The fourth-order valence-electron chi connectivity index (χ4n) is 2.68. The number of imidazole rings is 1. The highest BCUT2D eigenvalue weighted by Gasteiger charge is 2.40. The number of nitrogens with zero attached hydrogens (tertiary/aromatic N) is 2. The molecule has 2 unspecified atom stereocenters. The highest BCUT2D eigenvalue weighted by Crippen LogP contribution is 2.31. The smallest absolute Gasteiger partial charge is 0.187 e. The molecular weight excluding hydrogens is 288 g/mol. The second kappa shape index (κ2) is 6.18. The lowest BCUT2D eigenvalue weighted by atomic mass is 10.0. The fraction of sp³-hybridized carbons (Fsp3) is 0.438. The molecule has 1 aliphatic heterocycles.